The van der Waals surface area contributed by atoms with Crippen molar-refractivity contribution in [2.24, 2.45) is 0 Å². The van der Waals surface area contributed by atoms with Gasteiger partial charge in [0, 0.05) is 10.8 Å². The first-order valence-electron chi connectivity index (χ1n) is 9.13. The van der Waals surface area contributed by atoms with E-state index in [2.05, 4.69) is 86.6 Å². The van der Waals surface area contributed by atoms with Gasteiger partial charge in [0.2, 0.25) is 0 Å². The summed E-state index contributed by atoms with van der Waals surface area (Å²) >= 11 is 0. The Morgan fingerprint density at radius 3 is 1.23 bits per heavy atom. The SMILES string of the molecule is CC(C)c1c([Si](c2ccccc2)(c2ccccc2)c2ccccc2)c1=O. The zero-order chi connectivity index (χ0) is 18.1. The first-order valence-corrected chi connectivity index (χ1v) is 11.1. The molecule has 1 nitrogen and oxygen atoms in total. The summed E-state index contributed by atoms with van der Waals surface area (Å²) in [7, 11) is -2.55. The zero-order valence-corrected chi connectivity index (χ0v) is 16.1. The molecule has 0 fully saturated rings. The maximum Gasteiger partial charge on any atom is 0.184 e. The lowest BCUT2D eigenvalue weighted by atomic mass is 10.2. The third-order valence-electron chi connectivity index (χ3n) is 5.25. The van der Waals surface area contributed by atoms with E-state index in [0.29, 0.717) is 0 Å². The molecule has 0 aromatic heterocycles. The van der Waals surface area contributed by atoms with Crippen LogP contribution in [0.5, 0.6) is 0 Å². The van der Waals surface area contributed by atoms with Gasteiger partial charge < -0.3 is 0 Å². The van der Waals surface area contributed by atoms with Gasteiger partial charge in [0.25, 0.3) is 0 Å². The Labute approximate surface area is 155 Å². The maximum atomic E-state index is 13.0. The lowest BCUT2D eigenvalue weighted by Gasteiger charge is -2.31. The molecule has 0 spiro atoms. The van der Waals surface area contributed by atoms with Crippen LogP contribution in [-0.4, -0.2) is 8.07 Å². The first-order chi connectivity index (χ1) is 12.7. The molecule has 0 heterocycles. The van der Waals surface area contributed by atoms with Crippen LogP contribution in [0.15, 0.2) is 95.8 Å². The predicted molar refractivity (Wildman–Crippen MR) is 113 cm³/mol. The summed E-state index contributed by atoms with van der Waals surface area (Å²) in [6, 6.07) is 31.9. The topological polar surface area (TPSA) is 17.1 Å². The highest BCUT2D eigenvalue weighted by Crippen LogP contribution is 2.18. The van der Waals surface area contributed by atoms with E-state index in [-0.39, 0.29) is 11.3 Å². The van der Waals surface area contributed by atoms with Crippen molar-refractivity contribution in [3.05, 3.63) is 107 Å². The molecule has 0 saturated carbocycles. The van der Waals surface area contributed by atoms with E-state index in [1.165, 1.54) is 15.6 Å². The van der Waals surface area contributed by atoms with E-state index in [9.17, 15) is 4.79 Å². The zero-order valence-electron chi connectivity index (χ0n) is 15.1. The molecule has 0 amide bonds. The molecule has 128 valence electrons. The fourth-order valence-corrected chi connectivity index (χ4v) is 9.27. The van der Waals surface area contributed by atoms with Crippen molar-refractivity contribution < 1.29 is 0 Å². The van der Waals surface area contributed by atoms with Crippen LogP contribution in [0.1, 0.15) is 25.3 Å². The van der Waals surface area contributed by atoms with Gasteiger partial charge in [0.05, 0.1) is 0 Å². The smallest absolute Gasteiger partial charge is 0.184 e. The van der Waals surface area contributed by atoms with Gasteiger partial charge in [-0.3, -0.25) is 4.79 Å². The van der Waals surface area contributed by atoms with Crippen LogP contribution in [-0.2, 0) is 0 Å². The molecule has 4 aromatic rings. The van der Waals surface area contributed by atoms with E-state index in [4.69, 9.17) is 0 Å². The van der Waals surface area contributed by atoms with E-state index >= 15 is 0 Å². The molecule has 0 unspecified atom stereocenters. The molecule has 4 rings (SSSR count). The predicted octanol–water partition coefficient (Wildman–Crippen LogP) is 2.42. The Balaban J connectivity index is 2.11. The number of benzene rings is 3. The molecule has 0 aliphatic heterocycles. The third kappa shape index (κ3) is 2.49. The minimum atomic E-state index is -2.55. The molecule has 26 heavy (non-hydrogen) atoms. The van der Waals surface area contributed by atoms with Crippen molar-refractivity contribution in [3.63, 3.8) is 0 Å². The molecular weight excluding hydrogens is 332 g/mol. The molecule has 0 radical (unpaired) electrons. The summed E-state index contributed by atoms with van der Waals surface area (Å²) in [4.78, 5) is 13.0. The second kappa shape index (κ2) is 6.54. The number of hydrogen-bond acceptors (Lipinski definition) is 1. The average Bonchev–Trinajstić information content (AvgIpc) is 3.37. The van der Waals surface area contributed by atoms with Crippen LogP contribution in [0.4, 0.5) is 0 Å². The normalized spacial score (nSPS) is 12.0. The largest absolute Gasteiger partial charge is 0.290 e. The van der Waals surface area contributed by atoms with Gasteiger partial charge in [0.1, 0.15) is 0 Å². The van der Waals surface area contributed by atoms with E-state index < -0.39 is 8.07 Å². The van der Waals surface area contributed by atoms with Crippen LogP contribution in [0.25, 0.3) is 0 Å². The highest BCUT2D eigenvalue weighted by atomic mass is 28.3. The lowest BCUT2D eigenvalue weighted by Crippen LogP contribution is -2.74. The Hall–Kier alpha value is -2.71. The van der Waals surface area contributed by atoms with E-state index in [0.717, 1.165) is 10.8 Å². The van der Waals surface area contributed by atoms with Crippen molar-refractivity contribution >= 4 is 28.8 Å². The van der Waals surface area contributed by atoms with Crippen molar-refractivity contribution in [2.75, 3.05) is 0 Å². The molecule has 2 heteroatoms. The standard InChI is InChI=1S/C24H22OSi/c1-18(2)22-23(25)24(22)26(19-12-6-3-7-13-19,20-14-8-4-9-15-20)21-16-10-5-11-17-21/h3-18H,1-2H3. The van der Waals surface area contributed by atoms with Crippen molar-refractivity contribution in [1.82, 2.24) is 0 Å². The van der Waals surface area contributed by atoms with Gasteiger partial charge in [-0.1, -0.05) is 105 Å². The van der Waals surface area contributed by atoms with Gasteiger partial charge >= 0.3 is 0 Å². The minimum Gasteiger partial charge on any atom is -0.290 e. The maximum absolute atomic E-state index is 13.0. The van der Waals surface area contributed by atoms with Crippen LogP contribution >= 0.6 is 0 Å². The quantitative estimate of drug-likeness (QED) is 0.397. The number of rotatable bonds is 5. The fourth-order valence-electron chi connectivity index (χ4n) is 4.10. The van der Waals surface area contributed by atoms with Gasteiger partial charge in [-0.15, -0.1) is 0 Å². The monoisotopic (exact) mass is 354 g/mol. The summed E-state index contributed by atoms with van der Waals surface area (Å²) in [5.74, 6) is 0.264. The van der Waals surface area contributed by atoms with Crippen molar-refractivity contribution in [3.8, 4) is 0 Å². The Morgan fingerprint density at radius 2 is 0.962 bits per heavy atom. The summed E-state index contributed by atoms with van der Waals surface area (Å²) < 4.78 is 0. The molecular formula is C24H22OSi. The highest BCUT2D eigenvalue weighted by molar-refractivity contribution is 7.20. The fraction of sp³-hybridized carbons (Fsp3) is 0.125. The Morgan fingerprint density at radius 1 is 0.615 bits per heavy atom. The number of hydrogen-bond donors (Lipinski definition) is 0. The molecule has 0 aliphatic carbocycles. The molecule has 0 N–H and O–H groups in total. The van der Waals surface area contributed by atoms with Crippen molar-refractivity contribution in [1.29, 1.82) is 0 Å². The van der Waals surface area contributed by atoms with Gasteiger partial charge in [-0.25, -0.2) is 0 Å². The lowest BCUT2D eigenvalue weighted by molar-refractivity contribution is 0.889. The van der Waals surface area contributed by atoms with Gasteiger partial charge in [-0.05, 0) is 21.5 Å². The van der Waals surface area contributed by atoms with Crippen molar-refractivity contribution in [2.45, 2.75) is 19.8 Å². The summed E-state index contributed by atoms with van der Waals surface area (Å²) in [6.07, 6.45) is 0. The Bertz CT molecular complexity index is 914. The second-order valence-electron chi connectivity index (χ2n) is 7.12. The van der Waals surface area contributed by atoms with Crippen LogP contribution < -0.4 is 26.2 Å². The van der Waals surface area contributed by atoms with Crippen LogP contribution in [0.2, 0.25) is 0 Å². The van der Waals surface area contributed by atoms with Gasteiger partial charge in [0.15, 0.2) is 13.5 Å². The average molecular weight is 355 g/mol. The van der Waals surface area contributed by atoms with Crippen LogP contribution in [0, 0.1) is 0 Å². The first kappa shape index (κ1) is 16.7. The summed E-state index contributed by atoms with van der Waals surface area (Å²) in [5.41, 5.74) is 1.32. The summed E-state index contributed by atoms with van der Waals surface area (Å²) in [6.45, 7) is 4.25. The molecule has 0 saturated heterocycles. The molecule has 0 atom stereocenters. The molecule has 0 bridgehead atoms. The summed E-state index contributed by atoms with van der Waals surface area (Å²) in [5, 5.41) is 4.90. The molecule has 4 aromatic carbocycles. The van der Waals surface area contributed by atoms with Gasteiger partial charge in [-0.2, -0.15) is 0 Å². The molecule has 0 aliphatic rings. The third-order valence-corrected chi connectivity index (χ3v) is 10.1. The van der Waals surface area contributed by atoms with E-state index in [1.54, 1.807) is 0 Å². The van der Waals surface area contributed by atoms with Crippen LogP contribution in [0.3, 0.4) is 0 Å². The van der Waals surface area contributed by atoms with E-state index in [1.807, 2.05) is 18.2 Å². The highest BCUT2D eigenvalue weighted by Gasteiger charge is 2.49. The Kier molecular flexibility index (Phi) is 4.21. The second-order valence-corrected chi connectivity index (χ2v) is 10.9. The minimum absolute atomic E-state index is 0.264.